The van der Waals surface area contributed by atoms with Gasteiger partial charge >= 0.3 is 0 Å². The third-order valence-electron chi connectivity index (χ3n) is 3.31. The standard InChI is InChI=1S/C15H10BrFN4/c1-8-5-10(16)11(17)6-13(8)21-12-4-2-3-9(7-18)14(12)20-15(21)19/h2-6H,1H3,(H2,19,20). The van der Waals surface area contributed by atoms with Gasteiger partial charge in [-0.05, 0) is 52.7 Å². The Morgan fingerprint density at radius 2 is 2.14 bits per heavy atom. The predicted octanol–water partition coefficient (Wildman–Crippen LogP) is 3.69. The Kier molecular flexibility index (Phi) is 3.15. The quantitative estimate of drug-likeness (QED) is 0.731. The lowest BCUT2D eigenvalue weighted by molar-refractivity contribution is 0.619. The van der Waals surface area contributed by atoms with E-state index in [1.54, 1.807) is 28.8 Å². The van der Waals surface area contributed by atoms with Gasteiger partial charge in [0.15, 0.2) is 0 Å². The number of nitrogen functional groups attached to an aromatic ring is 1. The number of nitriles is 1. The van der Waals surface area contributed by atoms with Crippen LogP contribution in [0.2, 0.25) is 0 Å². The molecule has 0 radical (unpaired) electrons. The number of halogens is 2. The summed E-state index contributed by atoms with van der Waals surface area (Å²) >= 11 is 3.16. The maximum absolute atomic E-state index is 13.9. The smallest absolute Gasteiger partial charge is 0.205 e. The molecule has 0 aliphatic heterocycles. The second-order valence-electron chi connectivity index (χ2n) is 4.64. The molecule has 21 heavy (non-hydrogen) atoms. The van der Waals surface area contributed by atoms with Crippen LogP contribution < -0.4 is 5.73 Å². The molecule has 0 saturated heterocycles. The number of benzene rings is 2. The number of rotatable bonds is 1. The summed E-state index contributed by atoms with van der Waals surface area (Å²) in [7, 11) is 0. The Morgan fingerprint density at radius 1 is 1.38 bits per heavy atom. The molecule has 104 valence electrons. The molecule has 0 bridgehead atoms. The number of hydrogen-bond acceptors (Lipinski definition) is 3. The van der Waals surface area contributed by atoms with Crippen molar-refractivity contribution in [2.45, 2.75) is 6.92 Å². The van der Waals surface area contributed by atoms with E-state index in [-0.39, 0.29) is 11.8 Å². The third-order valence-corrected chi connectivity index (χ3v) is 3.92. The highest BCUT2D eigenvalue weighted by Gasteiger charge is 2.16. The van der Waals surface area contributed by atoms with Crippen molar-refractivity contribution >= 4 is 32.9 Å². The predicted molar refractivity (Wildman–Crippen MR) is 82.6 cm³/mol. The number of nitrogens with two attached hydrogens (primary N) is 1. The van der Waals surface area contributed by atoms with E-state index in [0.29, 0.717) is 26.8 Å². The summed E-state index contributed by atoms with van der Waals surface area (Å²) in [5, 5.41) is 9.14. The zero-order valence-corrected chi connectivity index (χ0v) is 12.6. The summed E-state index contributed by atoms with van der Waals surface area (Å²) < 4.78 is 15.9. The van der Waals surface area contributed by atoms with Gasteiger partial charge in [0.05, 0.1) is 21.2 Å². The summed E-state index contributed by atoms with van der Waals surface area (Å²) in [4.78, 5) is 4.24. The van der Waals surface area contributed by atoms with E-state index in [0.717, 1.165) is 5.56 Å². The molecule has 2 N–H and O–H groups in total. The van der Waals surface area contributed by atoms with E-state index in [2.05, 4.69) is 27.0 Å². The molecule has 4 nitrogen and oxygen atoms in total. The lowest BCUT2D eigenvalue weighted by Gasteiger charge is -2.11. The largest absolute Gasteiger partial charge is 0.369 e. The van der Waals surface area contributed by atoms with Gasteiger partial charge in [-0.15, -0.1) is 0 Å². The highest BCUT2D eigenvalue weighted by atomic mass is 79.9. The topological polar surface area (TPSA) is 67.6 Å². The Balaban J connectivity index is 2.39. The number of anilines is 1. The number of aromatic nitrogens is 2. The SMILES string of the molecule is Cc1cc(Br)c(F)cc1-n1c(N)nc2c(C#N)cccc21. The number of nitrogens with zero attached hydrogens (tertiary/aromatic N) is 3. The van der Waals surface area contributed by atoms with Crippen molar-refractivity contribution in [2.24, 2.45) is 0 Å². The van der Waals surface area contributed by atoms with Crippen molar-refractivity contribution in [3.05, 3.63) is 51.7 Å². The molecule has 0 unspecified atom stereocenters. The maximum Gasteiger partial charge on any atom is 0.205 e. The van der Waals surface area contributed by atoms with Crippen molar-refractivity contribution in [1.29, 1.82) is 5.26 Å². The maximum atomic E-state index is 13.9. The molecule has 0 atom stereocenters. The Morgan fingerprint density at radius 3 is 2.86 bits per heavy atom. The molecular formula is C15H10BrFN4. The monoisotopic (exact) mass is 344 g/mol. The van der Waals surface area contributed by atoms with Gasteiger partial charge in [0, 0.05) is 0 Å². The van der Waals surface area contributed by atoms with Gasteiger partial charge in [0.1, 0.15) is 17.4 Å². The molecule has 0 spiro atoms. The van der Waals surface area contributed by atoms with Crippen LogP contribution >= 0.6 is 15.9 Å². The van der Waals surface area contributed by atoms with Crippen molar-refractivity contribution in [3.8, 4) is 11.8 Å². The van der Waals surface area contributed by atoms with Gasteiger partial charge in [0.25, 0.3) is 0 Å². The first-order valence-corrected chi connectivity index (χ1v) is 6.95. The molecule has 6 heteroatoms. The second kappa shape index (κ2) is 4.86. The van der Waals surface area contributed by atoms with Crippen molar-refractivity contribution in [3.63, 3.8) is 0 Å². The van der Waals surface area contributed by atoms with Crippen LogP contribution in [0.25, 0.3) is 16.7 Å². The molecule has 2 aromatic carbocycles. The molecule has 3 rings (SSSR count). The van der Waals surface area contributed by atoms with Crippen LogP contribution in [0.15, 0.2) is 34.8 Å². The molecule has 0 aliphatic carbocycles. The molecular weight excluding hydrogens is 335 g/mol. The zero-order valence-electron chi connectivity index (χ0n) is 11.1. The number of imidazole rings is 1. The van der Waals surface area contributed by atoms with Gasteiger partial charge in [-0.25, -0.2) is 9.37 Å². The van der Waals surface area contributed by atoms with Crippen LogP contribution in [0.1, 0.15) is 11.1 Å². The Hall–Kier alpha value is -2.39. The molecule has 3 aromatic rings. The highest BCUT2D eigenvalue weighted by Crippen LogP contribution is 2.29. The Labute approximate surface area is 128 Å². The number of aryl methyl sites for hydroxylation is 1. The summed E-state index contributed by atoms with van der Waals surface area (Å²) in [6.45, 7) is 1.86. The summed E-state index contributed by atoms with van der Waals surface area (Å²) in [5.74, 6) is -0.161. The lowest BCUT2D eigenvalue weighted by atomic mass is 10.1. The molecule has 0 amide bonds. The fourth-order valence-electron chi connectivity index (χ4n) is 2.34. The first-order chi connectivity index (χ1) is 10.0. The van der Waals surface area contributed by atoms with Crippen LogP contribution in [-0.4, -0.2) is 9.55 Å². The summed E-state index contributed by atoms with van der Waals surface area (Å²) in [5.41, 5.74) is 9.05. The highest BCUT2D eigenvalue weighted by molar-refractivity contribution is 9.10. The van der Waals surface area contributed by atoms with E-state index in [9.17, 15) is 4.39 Å². The van der Waals surface area contributed by atoms with Crippen molar-refractivity contribution < 1.29 is 4.39 Å². The van der Waals surface area contributed by atoms with Crippen LogP contribution in [0.5, 0.6) is 0 Å². The van der Waals surface area contributed by atoms with Gasteiger partial charge in [-0.2, -0.15) is 5.26 Å². The van der Waals surface area contributed by atoms with Crippen LogP contribution in [0, 0.1) is 24.1 Å². The molecule has 0 fully saturated rings. The normalized spacial score (nSPS) is 10.8. The van der Waals surface area contributed by atoms with Gasteiger partial charge in [0.2, 0.25) is 5.95 Å². The minimum Gasteiger partial charge on any atom is -0.369 e. The summed E-state index contributed by atoms with van der Waals surface area (Å²) in [6.07, 6.45) is 0. The van der Waals surface area contributed by atoms with Crippen molar-refractivity contribution in [1.82, 2.24) is 9.55 Å². The van der Waals surface area contributed by atoms with Crippen molar-refractivity contribution in [2.75, 3.05) is 5.73 Å². The third kappa shape index (κ3) is 2.06. The van der Waals surface area contributed by atoms with E-state index in [1.807, 2.05) is 6.92 Å². The van der Waals surface area contributed by atoms with E-state index in [1.165, 1.54) is 6.07 Å². The number of fused-ring (bicyclic) bond motifs is 1. The van der Waals surface area contributed by atoms with Crippen LogP contribution in [0.4, 0.5) is 10.3 Å². The lowest BCUT2D eigenvalue weighted by Crippen LogP contribution is -2.03. The molecule has 0 aliphatic rings. The summed E-state index contributed by atoms with van der Waals surface area (Å²) in [6, 6.07) is 10.4. The first-order valence-electron chi connectivity index (χ1n) is 6.16. The fraction of sp³-hybridized carbons (Fsp3) is 0.0667. The molecule has 1 aromatic heterocycles. The second-order valence-corrected chi connectivity index (χ2v) is 5.50. The Bertz CT molecular complexity index is 908. The minimum atomic E-state index is -0.381. The van der Waals surface area contributed by atoms with Gasteiger partial charge in [-0.3, -0.25) is 4.57 Å². The van der Waals surface area contributed by atoms with Crippen LogP contribution in [-0.2, 0) is 0 Å². The fourth-order valence-corrected chi connectivity index (χ4v) is 2.80. The van der Waals surface area contributed by atoms with E-state index < -0.39 is 0 Å². The first kappa shape index (κ1) is 13.6. The zero-order chi connectivity index (χ0) is 15.1. The average molecular weight is 345 g/mol. The minimum absolute atomic E-state index is 0.220. The van der Waals surface area contributed by atoms with Gasteiger partial charge < -0.3 is 5.73 Å². The van der Waals surface area contributed by atoms with Gasteiger partial charge in [-0.1, -0.05) is 6.07 Å². The van der Waals surface area contributed by atoms with Crippen LogP contribution in [0.3, 0.4) is 0 Å². The molecule has 1 heterocycles. The van der Waals surface area contributed by atoms with E-state index in [4.69, 9.17) is 11.0 Å². The molecule has 0 saturated carbocycles. The van der Waals surface area contributed by atoms with E-state index >= 15 is 0 Å². The number of hydrogen-bond donors (Lipinski definition) is 1. The number of para-hydroxylation sites is 1. The average Bonchev–Trinajstić information content (AvgIpc) is 2.79.